The summed E-state index contributed by atoms with van der Waals surface area (Å²) in [4.78, 5) is 12.5. The predicted molar refractivity (Wildman–Crippen MR) is 91.3 cm³/mol. The zero-order valence-corrected chi connectivity index (χ0v) is 13.5. The second kappa shape index (κ2) is 7.25. The normalized spacial score (nSPS) is 21.8. The lowest BCUT2D eigenvalue weighted by atomic mass is 9.84. The van der Waals surface area contributed by atoms with Crippen molar-refractivity contribution in [2.24, 2.45) is 11.7 Å². The van der Waals surface area contributed by atoms with Crippen molar-refractivity contribution < 1.29 is 4.79 Å². The summed E-state index contributed by atoms with van der Waals surface area (Å²) in [5.74, 6) is 0.477. The summed E-state index contributed by atoms with van der Waals surface area (Å²) in [7, 11) is 0. The van der Waals surface area contributed by atoms with E-state index in [1.165, 1.54) is 12.8 Å². The molecule has 2 unspecified atom stereocenters. The van der Waals surface area contributed by atoms with Crippen molar-refractivity contribution in [2.45, 2.75) is 31.7 Å². The molecule has 3 N–H and O–H groups in total. The SMILES string of the molecule is Cl.NCC1CCCCC1NC(=O)c1csc2ccccc12. The fourth-order valence-corrected chi connectivity index (χ4v) is 4.02. The summed E-state index contributed by atoms with van der Waals surface area (Å²) in [6, 6.07) is 8.29. The van der Waals surface area contributed by atoms with E-state index in [4.69, 9.17) is 5.73 Å². The summed E-state index contributed by atoms with van der Waals surface area (Å²) >= 11 is 1.63. The highest BCUT2D eigenvalue weighted by molar-refractivity contribution is 7.17. The molecule has 0 aliphatic heterocycles. The van der Waals surface area contributed by atoms with E-state index in [9.17, 15) is 4.79 Å². The number of nitrogens with two attached hydrogens (primary N) is 1. The number of amides is 1. The second-order valence-corrected chi connectivity index (χ2v) is 6.42. The number of benzene rings is 1. The van der Waals surface area contributed by atoms with Crippen LogP contribution in [-0.2, 0) is 0 Å². The van der Waals surface area contributed by atoms with E-state index in [2.05, 4.69) is 11.4 Å². The smallest absolute Gasteiger partial charge is 0.252 e. The summed E-state index contributed by atoms with van der Waals surface area (Å²) < 4.78 is 1.16. The maximum atomic E-state index is 12.5. The van der Waals surface area contributed by atoms with Crippen molar-refractivity contribution in [1.29, 1.82) is 0 Å². The fraction of sp³-hybridized carbons (Fsp3) is 0.438. The number of halogens is 1. The van der Waals surface area contributed by atoms with Gasteiger partial charge < -0.3 is 11.1 Å². The van der Waals surface area contributed by atoms with E-state index in [0.29, 0.717) is 12.5 Å². The van der Waals surface area contributed by atoms with Crippen LogP contribution in [0, 0.1) is 5.92 Å². The molecule has 2 atom stereocenters. The third-order valence-corrected chi connectivity index (χ3v) is 5.22. The van der Waals surface area contributed by atoms with Gasteiger partial charge in [-0.3, -0.25) is 4.79 Å². The number of fused-ring (bicyclic) bond motifs is 1. The first-order chi connectivity index (χ1) is 9.79. The molecule has 0 bridgehead atoms. The Morgan fingerprint density at radius 2 is 2.05 bits per heavy atom. The lowest BCUT2D eigenvalue weighted by molar-refractivity contribution is 0.0910. The van der Waals surface area contributed by atoms with Crippen LogP contribution in [0.4, 0.5) is 0 Å². The molecule has 1 saturated carbocycles. The van der Waals surface area contributed by atoms with Gasteiger partial charge in [-0.2, -0.15) is 0 Å². The lowest BCUT2D eigenvalue weighted by Crippen LogP contribution is -2.44. The average Bonchev–Trinajstić information content (AvgIpc) is 2.92. The molecule has 1 aromatic carbocycles. The molecule has 1 heterocycles. The minimum Gasteiger partial charge on any atom is -0.349 e. The van der Waals surface area contributed by atoms with Crippen molar-refractivity contribution in [3.8, 4) is 0 Å². The molecule has 1 aliphatic rings. The van der Waals surface area contributed by atoms with Gasteiger partial charge in [0.05, 0.1) is 5.56 Å². The van der Waals surface area contributed by atoms with Crippen LogP contribution in [0.5, 0.6) is 0 Å². The van der Waals surface area contributed by atoms with Crippen molar-refractivity contribution in [3.05, 3.63) is 35.2 Å². The standard InChI is InChI=1S/C16H20N2OS.ClH/c17-9-11-5-1-3-7-14(11)18-16(19)13-10-20-15-8-4-2-6-12(13)15;/h2,4,6,8,10-11,14H,1,3,5,7,9,17H2,(H,18,19);1H. The molecule has 0 radical (unpaired) electrons. The Morgan fingerprint density at radius 3 is 2.86 bits per heavy atom. The van der Waals surface area contributed by atoms with Gasteiger partial charge in [-0.15, -0.1) is 23.7 Å². The second-order valence-electron chi connectivity index (χ2n) is 5.51. The zero-order chi connectivity index (χ0) is 13.9. The molecular weight excluding hydrogens is 304 g/mol. The van der Waals surface area contributed by atoms with Crippen LogP contribution in [0.15, 0.2) is 29.6 Å². The topological polar surface area (TPSA) is 55.1 Å². The fourth-order valence-electron chi connectivity index (χ4n) is 3.08. The summed E-state index contributed by atoms with van der Waals surface area (Å²) in [6.45, 7) is 0.662. The first-order valence-electron chi connectivity index (χ1n) is 7.26. The van der Waals surface area contributed by atoms with Crippen molar-refractivity contribution >= 4 is 39.7 Å². The lowest BCUT2D eigenvalue weighted by Gasteiger charge is -2.31. The Bertz CT molecular complexity index is 613. The number of carbonyl (C=O) groups is 1. The Balaban J connectivity index is 0.00000161. The van der Waals surface area contributed by atoms with Gasteiger partial charge in [0.1, 0.15) is 0 Å². The van der Waals surface area contributed by atoms with E-state index >= 15 is 0 Å². The van der Waals surface area contributed by atoms with Crippen LogP contribution in [0.1, 0.15) is 36.0 Å². The molecule has 0 spiro atoms. The molecule has 1 fully saturated rings. The van der Waals surface area contributed by atoms with Crippen LogP contribution in [-0.4, -0.2) is 18.5 Å². The Kier molecular flexibility index (Phi) is 5.62. The molecule has 0 saturated heterocycles. The number of hydrogen-bond acceptors (Lipinski definition) is 3. The summed E-state index contributed by atoms with van der Waals surface area (Å²) in [5.41, 5.74) is 6.63. The van der Waals surface area contributed by atoms with Crippen LogP contribution in [0.3, 0.4) is 0 Å². The predicted octanol–water partition coefficient (Wildman–Crippen LogP) is 3.57. The van der Waals surface area contributed by atoms with Crippen LogP contribution in [0.2, 0.25) is 0 Å². The Hall–Kier alpha value is -1.10. The molecule has 21 heavy (non-hydrogen) atoms. The molecule has 1 amide bonds. The summed E-state index contributed by atoms with van der Waals surface area (Å²) in [5, 5.41) is 6.21. The van der Waals surface area contributed by atoms with Gasteiger partial charge in [-0.05, 0) is 31.4 Å². The molecular formula is C16H21ClN2OS. The molecule has 2 aromatic rings. The highest BCUT2D eigenvalue weighted by Gasteiger charge is 2.26. The highest BCUT2D eigenvalue weighted by atomic mass is 35.5. The highest BCUT2D eigenvalue weighted by Crippen LogP contribution is 2.27. The van der Waals surface area contributed by atoms with Gasteiger partial charge in [0, 0.05) is 21.5 Å². The monoisotopic (exact) mass is 324 g/mol. The van der Waals surface area contributed by atoms with Gasteiger partial charge in [0.25, 0.3) is 5.91 Å². The van der Waals surface area contributed by atoms with E-state index in [0.717, 1.165) is 28.5 Å². The van der Waals surface area contributed by atoms with Crippen LogP contribution >= 0.6 is 23.7 Å². The summed E-state index contributed by atoms with van der Waals surface area (Å²) in [6.07, 6.45) is 4.60. The van der Waals surface area contributed by atoms with Gasteiger partial charge in [-0.25, -0.2) is 0 Å². The first-order valence-corrected chi connectivity index (χ1v) is 8.14. The third kappa shape index (κ3) is 3.39. The molecule has 3 rings (SSSR count). The molecule has 114 valence electrons. The van der Waals surface area contributed by atoms with Crippen molar-refractivity contribution in [3.63, 3.8) is 0 Å². The maximum absolute atomic E-state index is 12.5. The molecule has 1 aliphatic carbocycles. The van der Waals surface area contributed by atoms with Gasteiger partial charge >= 0.3 is 0 Å². The van der Waals surface area contributed by atoms with E-state index < -0.39 is 0 Å². The van der Waals surface area contributed by atoms with Gasteiger partial charge in [-0.1, -0.05) is 31.0 Å². The molecule has 1 aromatic heterocycles. The quantitative estimate of drug-likeness (QED) is 0.906. The molecule has 5 heteroatoms. The largest absolute Gasteiger partial charge is 0.349 e. The number of nitrogens with one attached hydrogen (secondary N) is 1. The van der Waals surface area contributed by atoms with Crippen molar-refractivity contribution in [1.82, 2.24) is 5.32 Å². The minimum atomic E-state index is 0. The first kappa shape index (κ1) is 16.3. The van der Waals surface area contributed by atoms with Crippen LogP contribution < -0.4 is 11.1 Å². The van der Waals surface area contributed by atoms with Crippen molar-refractivity contribution in [2.75, 3.05) is 6.54 Å². The average molecular weight is 325 g/mol. The molecule has 3 nitrogen and oxygen atoms in total. The number of hydrogen-bond donors (Lipinski definition) is 2. The van der Waals surface area contributed by atoms with Crippen LogP contribution in [0.25, 0.3) is 10.1 Å². The minimum absolute atomic E-state index is 0. The maximum Gasteiger partial charge on any atom is 0.252 e. The Labute approximate surface area is 135 Å². The zero-order valence-electron chi connectivity index (χ0n) is 11.9. The number of thiophene rings is 1. The van der Waals surface area contributed by atoms with E-state index in [1.807, 2.05) is 23.6 Å². The Morgan fingerprint density at radius 1 is 1.29 bits per heavy atom. The third-order valence-electron chi connectivity index (χ3n) is 4.25. The van der Waals surface area contributed by atoms with E-state index in [1.54, 1.807) is 11.3 Å². The number of rotatable bonds is 3. The number of carbonyl (C=O) groups excluding carboxylic acids is 1. The van der Waals surface area contributed by atoms with Gasteiger partial charge in [0.2, 0.25) is 0 Å². The van der Waals surface area contributed by atoms with Gasteiger partial charge in [0.15, 0.2) is 0 Å². The van der Waals surface area contributed by atoms with E-state index in [-0.39, 0.29) is 24.4 Å².